The van der Waals surface area contributed by atoms with Crippen molar-refractivity contribution in [2.75, 3.05) is 5.75 Å². The highest BCUT2D eigenvalue weighted by Gasteiger charge is 2.28. The summed E-state index contributed by atoms with van der Waals surface area (Å²) in [5, 5.41) is 11.9. The smallest absolute Gasteiger partial charge is 0.277 e. The number of nitrogens with zero attached hydrogens (tertiary/aromatic N) is 2. The molecule has 2 aromatic rings. The Bertz CT molecular complexity index is 672. The molecule has 1 heterocycles. The average molecular weight is 338 g/mol. The molecule has 1 atom stereocenters. The lowest BCUT2D eigenvalue weighted by molar-refractivity contribution is -0.119. The highest BCUT2D eigenvalue weighted by Crippen LogP contribution is 2.32. The van der Waals surface area contributed by atoms with Crippen LogP contribution in [0, 0.1) is 5.92 Å². The van der Waals surface area contributed by atoms with Crippen LogP contribution >= 0.6 is 23.4 Å². The number of benzene rings is 1. The average Bonchev–Trinajstić information content (AvgIpc) is 3.24. The summed E-state index contributed by atoms with van der Waals surface area (Å²) in [6.45, 7) is 2.05. The van der Waals surface area contributed by atoms with E-state index in [0.717, 1.165) is 5.56 Å². The molecule has 0 bridgehead atoms. The molecule has 1 aliphatic rings. The van der Waals surface area contributed by atoms with E-state index in [4.69, 9.17) is 16.0 Å². The molecule has 1 N–H and O–H groups in total. The Hall–Kier alpha value is -1.53. The third-order valence-electron chi connectivity index (χ3n) is 3.52. The number of carbonyl (C=O) groups is 1. The minimum absolute atomic E-state index is 0.00749. The Morgan fingerprint density at radius 1 is 1.50 bits per heavy atom. The van der Waals surface area contributed by atoms with Gasteiger partial charge in [-0.25, -0.2) is 0 Å². The van der Waals surface area contributed by atoms with Gasteiger partial charge in [0.1, 0.15) is 0 Å². The van der Waals surface area contributed by atoms with Gasteiger partial charge in [-0.15, -0.1) is 10.2 Å². The van der Waals surface area contributed by atoms with Crippen LogP contribution in [-0.4, -0.2) is 27.9 Å². The number of carbonyl (C=O) groups excluding carboxylic acids is 1. The summed E-state index contributed by atoms with van der Waals surface area (Å²) in [5.74, 6) is 1.31. The number of aromatic nitrogens is 2. The quantitative estimate of drug-likeness (QED) is 0.818. The fraction of sp³-hybridized carbons (Fsp3) is 0.400. The van der Waals surface area contributed by atoms with Gasteiger partial charge in [0.15, 0.2) is 0 Å². The molecule has 22 heavy (non-hydrogen) atoms. The second-order valence-electron chi connectivity index (χ2n) is 5.37. The molecule has 0 radical (unpaired) electrons. The number of rotatable bonds is 6. The molecule has 1 aliphatic carbocycles. The summed E-state index contributed by atoms with van der Waals surface area (Å²) in [6.07, 6.45) is 2.42. The number of nitrogens with one attached hydrogen (secondary N) is 1. The monoisotopic (exact) mass is 337 g/mol. The van der Waals surface area contributed by atoms with Gasteiger partial charge < -0.3 is 9.73 Å². The zero-order valence-corrected chi connectivity index (χ0v) is 13.7. The number of amides is 1. The van der Waals surface area contributed by atoms with Crippen LogP contribution in [0.5, 0.6) is 0 Å². The van der Waals surface area contributed by atoms with Crippen LogP contribution in [0.1, 0.15) is 19.8 Å². The van der Waals surface area contributed by atoms with Crippen molar-refractivity contribution in [1.29, 1.82) is 0 Å². The van der Waals surface area contributed by atoms with Gasteiger partial charge in [0, 0.05) is 16.6 Å². The SMILES string of the molecule is C[C@@H](NC(=O)CSc1nnc(-c2cccc(Cl)c2)o1)C1CC1. The van der Waals surface area contributed by atoms with E-state index >= 15 is 0 Å². The summed E-state index contributed by atoms with van der Waals surface area (Å²) in [7, 11) is 0. The second kappa shape index (κ2) is 6.71. The number of hydrogen-bond acceptors (Lipinski definition) is 5. The first kappa shape index (κ1) is 15.4. The molecule has 7 heteroatoms. The standard InChI is InChI=1S/C15H16ClN3O2S/c1-9(10-5-6-10)17-13(20)8-22-15-19-18-14(21-15)11-3-2-4-12(16)7-11/h2-4,7,9-10H,5-6,8H2,1H3,(H,17,20)/t9-/m1/s1. The summed E-state index contributed by atoms with van der Waals surface area (Å²) >= 11 is 7.17. The Balaban J connectivity index is 1.54. The third-order valence-corrected chi connectivity index (χ3v) is 4.58. The Kier molecular flexibility index (Phi) is 4.69. The highest BCUT2D eigenvalue weighted by atomic mass is 35.5. The molecule has 0 spiro atoms. The van der Waals surface area contributed by atoms with Gasteiger partial charge in [-0.2, -0.15) is 0 Å². The van der Waals surface area contributed by atoms with Gasteiger partial charge in [0.2, 0.25) is 11.8 Å². The van der Waals surface area contributed by atoms with Crippen molar-refractivity contribution in [2.45, 2.75) is 31.0 Å². The maximum absolute atomic E-state index is 11.8. The van der Waals surface area contributed by atoms with Crippen LogP contribution in [0.3, 0.4) is 0 Å². The molecule has 1 amide bonds. The molecule has 5 nitrogen and oxygen atoms in total. The Morgan fingerprint density at radius 2 is 2.32 bits per heavy atom. The minimum atomic E-state index is -0.00749. The van der Waals surface area contributed by atoms with E-state index in [1.54, 1.807) is 12.1 Å². The first-order chi connectivity index (χ1) is 10.6. The zero-order chi connectivity index (χ0) is 15.5. The molecule has 0 unspecified atom stereocenters. The molecule has 0 aliphatic heterocycles. The van der Waals surface area contributed by atoms with Crippen molar-refractivity contribution in [3.05, 3.63) is 29.3 Å². The molecular formula is C15H16ClN3O2S. The van der Waals surface area contributed by atoms with E-state index in [1.807, 2.05) is 19.1 Å². The van der Waals surface area contributed by atoms with Crippen molar-refractivity contribution in [1.82, 2.24) is 15.5 Å². The fourth-order valence-electron chi connectivity index (χ4n) is 2.14. The number of thioether (sulfide) groups is 1. The van der Waals surface area contributed by atoms with Gasteiger partial charge >= 0.3 is 0 Å². The lowest BCUT2D eigenvalue weighted by Crippen LogP contribution is -2.35. The normalized spacial score (nSPS) is 15.5. The third kappa shape index (κ3) is 4.01. The van der Waals surface area contributed by atoms with Gasteiger partial charge in [-0.3, -0.25) is 4.79 Å². The number of hydrogen-bond donors (Lipinski definition) is 1. The minimum Gasteiger partial charge on any atom is -0.411 e. The van der Waals surface area contributed by atoms with E-state index in [-0.39, 0.29) is 17.7 Å². The maximum atomic E-state index is 11.8. The lowest BCUT2D eigenvalue weighted by Gasteiger charge is -2.11. The molecule has 1 aromatic carbocycles. The predicted molar refractivity (Wildman–Crippen MR) is 85.8 cm³/mol. The molecular weight excluding hydrogens is 322 g/mol. The van der Waals surface area contributed by atoms with E-state index in [9.17, 15) is 4.79 Å². The summed E-state index contributed by atoms with van der Waals surface area (Å²) in [5.41, 5.74) is 0.763. The van der Waals surface area contributed by atoms with Crippen LogP contribution in [0.25, 0.3) is 11.5 Å². The largest absolute Gasteiger partial charge is 0.411 e. The zero-order valence-electron chi connectivity index (χ0n) is 12.1. The lowest BCUT2D eigenvalue weighted by atomic mass is 10.2. The van der Waals surface area contributed by atoms with E-state index in [2.05, 4.69) is 15.5 Å². The van der Waals surface area contributed by atoms with Crippen molar-refractivity contribution in [3.8, 4) is 11.5 Å². The Labute approximate surface area is 137 Å². The summed E-state index contributed by atoms with van der Waals surface area (Å²) in [4.78, 5) is 11.8. The molecule has 1 fully saturated rings. The molecule has 0 saturated heterocycles. The first-order valence-corrected chi connectivity index (χ1v) is 8.50. The summed E-state index contributed by atoms with van der Waals surface area (Å²) in [6, 6.07) is 7.45. The topological polar surface area (TPSA) is 68.0 Å². The van der Waals surface area contributed by atoms with Crippen molar-refractivity contribution >= 4 is 29.3 Å². The van der Waals surface area contributed by atoms with Gasteiger partial charge in [0.05, 0.1) is 5.75 Å². The van der Waals surface area contributed by atoms with E-state index < -0.39 is 0 Å². The van der Waals surface area contributed by atoms with Crippen LogP contribution in [0.2, 0.25) is 5.02 Å². The molecule has 116 valence electrons. The van der Waals surface area contributed by atoms with Gasteiger partial charge in [0.25, 0.3) is 5.22 Å². The maximum Gasteiger partial charge on any atom is 0.277 e. The van der Waals surface area contributed by atoms with Crippen LogP contribution in [0.15, 0.2) is 33.9 Å². The van der Waals surface area contributed by atoms with Crippen molar-refractivity contribution < 1.29 is 9.21 Å². The molecule has 3 rings (SSSR count). The van der Waals surface area contributed by atoms with Gasteiger partial charge in [-0.05, 0) is 43.9 Å². The highest BCUT2D eigenvalue weighted by molar-refractivity contribution is 7.99. The fourth-order valence-corrected chi connectivity index (χ4v) is 2.91. The van der Waals surface area contributed by atoms with Crippen LogP contribution in [0.4, 0.5) is 0 Å². The molecule has 1 aromatic heterocycles. The Morgan fingerprint density at radius 3 is 3.05 bits per heavy atom. The van der Waals surface area contributed by atoms with Crippen LogP contribution < -0.4 is 5.32 Å². The second-order valence-corrected chi connectivity index (χ2v) is 6.73. The van der Waals surface area contributed by atoms with Crippen molar-refractivity contribution in [2.24, 2.45) is 5.92 Å². The first-order valence-electron chi connectivity index (χ1n) is 7.13. The van der Waals surface area contributed by atoms with Crippen molar-refractivity contribution in [3.63, 3.8) is 0 Å². The van der Waals surface area contributed by atoms with E-state index in [0.29, 0.717) is 22.1 Å². The predicted octanol–water partition coefficient (Wildman–Crippen LogP) is 3.40. The van der Waals surface area contributed by atoms with Crippen LogP contribution in [-0.2, 0) is 4.79 Å². The summed E-state index contributed by atoms with van der Waals surface area (Å²) < 4.78 is 5.54. The van der Waals surface area contributed by atoms with Gasteiger partial charge in [-0.1, -0.05) is 29.4 Å². The number of halogens is 1. The molecule has 1 saturated carbocycles. The van der Waals surface area contributed by atoms with E-state index in [1.165, 1.54) is 24.6 Å².